The Balaban J connectivity index is 2.92. The molecule has 2 nitrogen and oxygen atoms in total. The Labute approximate surface area is 123 Å². The number of allylic oxidation sites excluding steroid dienone is 2. The maximum atomic E-state index is 11.7. The number of halogens is 1. The molecule has 0 aliphatic rings. The van der Waals surface area contributed by atoms with E-state index in [0.29, 0.717) is 6.42 Å². The second-order valence-corrected chi connectivity index (χ2v) is 6.59. The molecule has 3 heteroatoms. The zero-order chi connectivity index (χ0) is 14.6. The minimum absolute atomic E-state index is 0.0438. The quantitative estimate of drug-likeness (QED) is 0.630. The SMILES string of the molecule is CC(C)C(=O)C=C(O)C(C)(C)Cc1ccccc1Br. The number of carbonyl (C=O) groups excluding carboxylic acids is 1. The van der Waals surface area contributed by atoms with Crippen LogP contribution in [-0.4, -0.2) is 10.9 Å². The Bertz CT molecular complexity index is 487. The molecule has 0 saturated carbocycles. The molecule has 19 heavy (non-hydrogen) atoms. The van der Waals surface area contributed by atoms with Crippen molar-refractivity contribution < 1.29 is 9.90 Å². The lowest BCUT2D eigenvalue weighted by Crippen LogP contribution is -2.20. The van der Waals surface area contributed by atoms with Crippen molar-refractivity contribution in [2.75, 3.05) is 0 Å². The van der Waals surface area contributed by atoms with Gasteiger partial charge in [-0.05, 0) is 18.1 Å². The first kappa shape index (κ1) is 16.0. The number of benzene rings is 1. The third kappa shape index (κ3) is 4.50. The Morgan fingerprint density at radius 2 is 1.95 bits per heavy atom. The number of rotatable bonds is 5. The molecule has 0 spiro atoms. The van der Waals surface area contributed by atoms with Crippen LogP contribution in [0, 0.1) is 11.3 Å². The first-order chi connectivity index (χ1) is 8.74. The van der Waals surface area contributed by atoms with E-state index < -0.39 is 5.41 Å². The topological polar surface area (TPSA) is 37.3 Å². The maximum absolute atomic E-state index is 11.7. The van der Waals surface area contributed by atoms with Crippen molar-refractivity contribution in [2.45, 2.75) is 34.1 Å². The van der Waals surface area contributed by atoms with Gasteiger partial charge in [0.05, 0.1) is 0 Å². The highest BCUT2D eigenvalue weighted by atomic mass is 79.9. The highest BCUT2D eigenvalue weighted by Crippen LogP contribution is 2.32. The van der Waals surface area contributed by atoms with Gasteiger partial charge in [0.25, 0.3) is 0 Å². The molecule has 0 aliphatic heterocycles. The highest BCUT2D eigenvalue weighted by molar-refractivity contribution is 9.10. The molecule has 0 unspecified atom stereocenters. The van der Waals surface area contributed by atoms with E-state index in [1.165, 1.54) is 6.08 Å². The van der Waals surface area contributed by atoms with Gasteiger partial charge in [0.1, 0.15) is 5.76 Å². The van der Waals surface area contributed by atoms with Gasteiger partial charge in [-0.3, -0.25) is 4.79 Å². The van der Waals surface area contributed by atoms with E-state index in [4.69, 9.17) is 0 Å². The van der Waals surface area contributed by atoms with E-state index in [2.05, 4.69) is 15.9 Å². The van der Waals surface area contributed by atoms with E-state index in [-0.39, 0.29) is 17.5 Å². The third-order valence-corrected chi connectivity index (χ3v) is 3.91. The van der Waals surface area contributed by atoms with E-state index in [1.54, 1.807) is 0 Å². The molecule has 1 rings (SSSR count). The molecule has 0 fully saturated rings. The van der Waals surface area contributed by atoms with Crippen molar-refractivity contribution in [1.29, 1.82) is 0 Å². The van der Waals surface area contributed by atoms with Crippen LogP contribution in [-0.2, 0) is 11.2 Å². The van der Waals surface area contributed by atoms with Gasteiger partial charge < -0.3 is 5.11 Å². The van der Waals surface area contributed by atoms with Gasteiger partial charge in [0.15, 0.2) is 5.78 Å². The molecule has 0 saturated heterocycles. The summed E-state index contributed by atoms with van der Waals surface area (Å²) >= 11 is 3.50. The summed E-state index contributed by atoms with van der Waals surface area (Å²) in [6, 6.07) is 7.92. The zero-order valence-corrected chi connectivity index (χ0v) is 13.5. The molecule has 0 radical (unpaired) electrons. The fourth-order valence-electron chi connectivity index (χ4n) is 1.71. The van der Waals surface area contributed by atoms with Crippen LogP contribution in [0.2, 0.25) is 0 Å². The summed E-state index contributed by atoms with van der Waals surface area (Å²) in [5.74, 6) is 0.000988. The summed E-state index contributed by atoms with van der Waals surface area (Å²) in [6.45, 7) is 7.53. The predicted octanol–water partition coefficient (Wildman–Crippen LogP) is 4.68. The molecular weight excluding hydrogens is 304 g/mol. The van der Waals surface area contributed by atoms with E-state index in [1.807, 2.05) is 52.0 Å². The summed E-state index contributed by atoms with van der Waals surface area (Å²) in [5, 5.41) is 10.2. The summed E-state index contributed by atoms with van der Waals surface area (Å²) in [6.07, 6.45) is 2.03. The standard InChI is InChI=1S/C16H21BrO2/c1-11(2)14(18)9-15(19)16(3,4)10-12-7-5-6-8-13(12)17/h5-9,11,19H,10H2,1-4H3. The minimum Gasteiger partial charge on any atom is -0.512 e. The summed E-state index contributed by atoms with van der Waals surface area (Å²) < 4.78 is 1.02. The minimum atomic E-state index is -0.464. The van der Waals surface area contributed by atoms with Crippen molar-refractivity contribution in [3.63, 3.8) is 0 Å². The molecule has 0 atom stereocenters. The Morgan fingerprint density at radius 1 is 1.37 bits per heavy atom. The van der Waals surface area contributed by atoms with Gasteiger partial charge in [-0.25, -0.2) is 0 Å². The average molecular weight is 325 g/mol. The molecule has 0 aliphatic carbocycles. The smallest absolute Gasteiger partial charge is 0.161 e. The largest absolute Gasteiger partial charge is 0.512 e. The van der Waals surface area contributed by atoms with E-state index in [9.17, 15) is 9.90 Å². The van der Waals surface area contributed by atoms with Crippen LogP contribution in [0.25, 0.3) is 0 Å². The van der Waals surface area contributed by atoms with Crippen LogP contribution in [0.15, 0.2) is 40.6 Å². The summed E-state index contributed by atoms with van der Waals surface area (Å²) in [7, 11) is 0. The van der Waals surface area contributed by atoms with Gasteiger partial charge in [-0.15, -0.1) is 0 Å². The maximum Gasteiger partial charge on any atom is 0.161 e. The first-order valence-electron chi connectivity index (χ1n) is 6.42. The second-order valence-electron chi connectivity index (χ2n) is 5.74. The lowest BCUT2D eigenvalue weighted by atomic mass is 9.83. The lowest BCUT2D eigenvalue weighted by Gasteiger charge is -2.24. The van der Waals surface area contributed by atoms with Crippen molar-refractivity contribution in [1.82, 2.24) is 0 Å². The van der Waals surface area contributed by atoms with Gasteiger partial charge >= 0.3 is 0 Å². The lowest BCUT2D eigenvalue weighted by molar-refractivity contribution is -0.117. The van der Waals surface area contributed by atoms with Crippen molar-refractivity contribution in [2.24, 2.45) is 11.3 Å². The number of aliphatic hydroxyl groups excluding tert-OH is 1. The van der Waals surface area contributed by atoms with Crippen LogP contribution in [0.4, 0.5) is 0 Å². The molecule has 0 heterocycles. The summed E-state index contributed by atoms with van der Waals surface area (Å²) in [5.41, 5.74) is 0.651. The highest BCUT2D eigenvalue weighted by Gasteiger charge is 2.25. The van der Waals surface area contributed by atoms with Gasteiger partial charge in [-0.1, -0.05) is 61.8 Å². The van der Waals surface area contributed by atoms with E-state index in [0.717, 1.165) is 10.0 Å². The van der Waals surface area contributed by atoms with Crippen LogP contribution >= 0.6 is 15.9 Å². The van der Waals surface area contributed by atoms with Crippen LogP contribution in [0.5, 0.6) is 0 Å². The fraction of sp³-hybridized carbons (Fsp3) is 0.438. The predicted molar refractivity (Wildman–Crippen MR) is 82.2 cm³/mol. The molecule has 1 aromatic carbocycles. The first-order valence-corrected chi connectivity index (χ1v) is 7.21. The van der Waals surface area contributed by atoms with Gasteiger partial charge in [-0.2, -0.15) is 0 Å². The van der Waals surface area contributed by atoms with Crippen molar-refractivity contribution >= 4 is 21.7 Å². The zero-order valence-electron chi connectivity index (χ0n) is 11.9. The number of hydrogen-bond donors (Lipinski definition) is 1. The number of carbonyl (C=O) groups is 1. The molecular formula is C16H21BrO2. The van der Waals surface area contributed by atoms with Crippen LogP contribution in [0.1, 0.15) is 33.3 Å². The second kappa shape index (κ2) is 6.38. The number of aliphatic hydroxyl groups is 1. The van der Waals surface area contributed by atoms with Gasteiger partial charge in [0.2, 0.25) is 0 Å². The molecule has 0 aromatic heterocycles. The third-order valence-electron chi connectivity index (χ3n) is 3.13. The normalized spacial score (nSPS) is 12.8. The van der Waals surface area contributed by atoms with Crippen LogP contribution in [0.3, 0.4) is 0 Å². The number of ketones is 1. The average Bonchev–Trinajstić information content (AvgIpc) is 2.31. The van der Waals surface area contributed by atoms with Crippen molar-refractivity contribution in [3.8, 4) is 0 Å². The fourth-order valence-corrected chi connectivity index (χ4v) is 2.13. The molecule has 104 valence electrons. The van der Waals surface area contributed by atoms with Gasteiger partial charge in [0, 0.05) is 21.9 Å². The summed E-state index contributed by atoms with van der Waals surface area (Å²) in [4.78, 5) is 11.7. The van der Waals surface area contributed by atoms with Crippen molar-refractivity contribution in [3.05, 3.63) is 46.1 Å². The Kier molecular flexibility index (Phi) is 5.36. The Morgan fingerprint density at radius 3 is 2.47 bits per heavy atom. The van der Waals surface area contributed by atoms with E-state index >= 15 is 0 Å². The Hall–Kier alpha value is -1.09. The van der Waals surface area contributed by atoms with Crippen LogP contribution < -0.4 is 0 Å². The molecule has 0 amide bonds. The molecule has 0 bridgehead atoms. The molecule has 1 N–H and O–H groups in total. The molecule has 1 aromatic rings. The monoisotopic (exact) mass is 324 g/mol. The number of hydrogen-bond acceptors (Lipinski definition) is 2.